The van der Waals surface area contributed by atoms with Gasteiger partial charge in [0.25, 0.3) is 5.91 Å². The third kappa shape index (κ3) is 17.4. The molecule has 302 valence electrons. The third-order valence-electron chi connectivity index (χ3n) is 8.02. The fraction of sp³-hybridized carbons (Fsp3) is 0.400. The molecule has 0 spiro atoms. The van der Waals surface area contributed by atoms with E-state index < -0.39 is 12.3 Å². The Bertz CT molecular complexity index is 1670. The predicted molar refractivity (Wildman–Crippen MR) is 219 cm³/mol. The summed E-state index contributed by atoms with van der Waals surface area (Å²) in [7, 11) is 1.79. The Balaban J connectivity index is 0.00000106. The molecule has 10 heteroatoms. The summed E-state index contributed by atoms with van der Waals surface area (Å²) in [5.74, 6) is -1.60. The smallest absolute Gasteiger partial charge is 0.481 e. The Hall–Kier alpha value is -4.96. The number of ether oxygens (including phenoxy) is 1. The van der Waals surface area contributed by atoms with Gasteiger partial charge in [-0.1, -0.05) is 121 Å². The molecule has 1 amide bonds. The van der Waals surface area contributed by atoms with Crippen molar-refractivity contribution >= 4 is 18.2 Å². The fourth-order valence-electron chi connectivity index (χ4n) is 5.94. The number of benzene rings is 4. The van der Waals surface area contributed by atoms with Crippen molar-refractivity contribution < 1.29 is 37.4 Å². The summed E-state index contributed by atoms with van der Waals surface area (Å²) in [6.07, 6.45) is -2.32. The number of rotatable bonds is 13. The lowest BCUT2D eigenvalue weighted by molar-refractivity contribution is -0.274. The molecule has 0 aliphatic carbocycles. The number of carboxylic acid groups (broad SMARTS) is 1. The van der Waals surface area contributed by atoms with Crippen LogP contribution in [0.2, 0.25) is 0 Å². The van der Waals surface area contributed by atoms with Crippen molar-refractivity contribution in [2.24, 2.45) is 0 Å². The highest BCUT2D eigenvalue weighted by molar-refractivity contribution is 5.94. The second-order valence-electron chi connectivity index (χ2n) is 11.8. The van der Waals surface area contributed by atoms with Crippen LogP contribution < -0.4 is 15.4 Å². The largest absolute Gasteiger partial charge is 0.573 e. The summed E-state index contributed by atoms with van der Waals surface area (Å²) in [5.41, 5.74) is 9.22. The highest BCUT2D eigenvalue weighted by Gasteiger charge is 2.31. The van der Waals surface area contributed by atoms with E-state index in [0.717, 1.165) is 35.8 Å². The van der Waals surface area contributed by atoms with Gasteiger partial charge in [0.1, 0.15) is 12.0 Å². The molecule has 0 radical (unpaired) electrons. The molecule has 2 atom stereocenters. The summed E-state index contributed by atoms with van der Waals surface area (Å²) in [4.78, 5) is 33.4. The molecule has 3 N–H and O–H groups in total. The van der Waals surface area contributed by atoms with Crippen LogP contribution in [0, 0.1) is 20.8 Å². The first-order chi connectivity index (χ1) is 26.3. The quantitative estimate of drug-likeness (QED) is 0.117. The number of aldehydes is 1. The molecule has 0 aliphatic rings. The van der Waals surface area contributed by atoms with Crippen molar-refractivity contribution in [3.8, 4) is 16.9 Å². The molecule has 0 heterocycles. The average Bonchev–Trinajstić information content (AvgIpc) is 3.17. The Morgan fingerprint density at radius 1 is 0.800 bits per heavy atom. The first kappa shape index (κ1) is 50.0. The number of nitrogens with one attached hydrogen (secondary N) is 2. The Morgan fingerprint density at radius 3 is 1.75 bits per heavy atom. The van der Waals surface area contributed by atoms with E-state index in [1.54, 1.807) is 31.3 Å². The molecule has 4 aromatic rings. The van der Waals surface area contributed by atoms with Crippen LogP contribution in [0.4, 0.5) is 13.2 Å². The molecule has 0 fully saturated rings. The first-order valence-electron chi connectivity index (χ1n) is 19.0. The maximum atomic E-state index is 12.4. The molecule has 55 heavy (non-hydrogen) atoms. The van der Waals surface area contributed by atoms with Crippen molar-refractivity contribution in [2.75, 3.05) is 13.6 Å². The van der Waals surface area contributed by atoms with Crippen LogP contribution in [0.1, 0.15) is 128 Å². The van der Waals surface area contributed by atoms with E-state index in [-0.39, 0.29) is 36.6 Å². The number of carboxylic acids is 1. The molecular weight excluding hydrogens is 705 g/mol. The summed E-state index contributed by atoms with van der Waals surface area (Å²) < 4.78 is 41.2. The highest BCUT2D eigenvalue weighted by Crippen LogP contribution is 2.36. The number of carbonyl (C=O) groups excluding carboxylic acids is 2. The van der Waals surface area contributed by atoms with E-state index >= 15 is 0 Å². The zero-order valence-corrected chi connectivity index (χ0v) is 34.4. The number of alkyl halides is 3. The minimum Gasteiger partial charge on any atom is -0.481 e. The molecule has 0 saturated carbocycles. The van der Waals surface area contributed by atoms with Gasteiger partial charge in [-0.25, -0.2) is 0 Å². The SMILES string of the molecule is CC.CC.CC.CCCC(c1ccc(C(=O)NCCC(=O)O)cc1)C(NC)c1ccc(OC(F)(F)F)cc1.Cc1cc(C)c(-c2ccc(C=O)cc2)c(C)c1. The minimum absolute atomic E-state index is 0.0171. The molecule has 4 aromatic carbocycles. The van der Waals surface area contributed by atoms with Gasteiger partial charge < -0.3 is 20.5 Å². The summed E-state index contributed by atoms with van der Waals surface area (Å²) in [6, 6.07) is 24.8. The summed E-state index contributed by atoms with van der Waals surface area (Å²) in [6.45, 7) is 20.5. The second kappa shape index (κ2) is 26.8. The summed E-state index contributed by atoms with van der Waals surface area (Å²) in [5, 5.41) is 14.5. The molecule has 7 nitrogen and oxygen atoms in total. The standard InChI is InChI=1S/C23H27F3N2O4.C16H16O.3C2H6/c1-3-4-19(15-5-7-17(8-6-15)22(31)28-14-13-20(29)30)21(27-2)16-9-11-18(12-10-16)32-23(24,25)26;1-11-8-12(2)16(13(3)9-11)15-6-4-14(10-17)5-7-15;3*1-2/h5-12,19,21,27H,3-4,13-14H2,1-2H3,(H,28,31)(H,29,30);4-10H,1-3H3;3*1-2H3. The van der Waals surface area contributed by atoms with Crippen LogP contribution in [0.25, 0.3) is 11.1 Å². The van der Waals surface area contributed by atoms with Crippen molar-refractivity contribution in [3.05, 3.63) is 124 Å². The monoisotopic (exact) mass is 766 g/mol. The lowest BCUT2D eigenvalue weighted by atomic mass is 9.83. The van der Waals surface area contributed by atoms with Crippen LogP contribution in [0.5, 0.6) is 5.75 Å². The maximum Gasteiger partial charge on any atom is 0.573 e. The van der Waals surface area contributed by atoms with E-state index in [2.05, 4.69) is 48.3 Å². The van der Waals surface area contributed by atoms with Gasteiger partial charge in [0.05, 0.1) is 6.42 Å². The Kier molecular flexibility index (Phi) is 24.3. The summed E-state index contributed by atoms with van der Waals surface area (Å²) >= 11 is 0. The van der Waals surface area contributed by atoms with Crippen LogP contribution in [0.3, 0.4) is 0 Å². The molecule has 4 rings (SSSR count). The van der Waals surface area contributed by atoms with E-state index in [1.165, 1.54) is 39.9 Å². The topological polar surface area (TPSA) is 105 Å². The van der Waals surface area contributed by atoms with E-state index in [1.807, 2.05) is 84.9 Å². The fourth-order valence-corrected chi connectivity index (χ4v) is 5.94. The number of carbonyl (C=O) groups is 3. The lowest BCUT2D eigenvalue weighted by Gasteiger charge is -2.28. The Morgan fingerprint density at radius 2 is 1.31 bits per heavy atom. The molecule has 0 aromatic heterocycles. The number of aryl methyl sites for hydroxylation is 3. The molecule has 2 unspecified atom stereocenters. The predicted octanol–water partition coefficient (Wildman–Crippen LogP) is 11.8. The lowest BCUT2D eigenvalue weighted by Crippen LogP contribution is -2.26. The number of amides is 1. The average molecular weight is 767 g/mol. The van der Waals surface area contributed by atoms with Crippen LogP contribution in [0.15, 0.2) is 84.9 Å². The zero-order chi connectivity index (χ0) is 42.1. The normalized spacial score (nSPS) is 11.2. The van der Waals surface area contributed by atoms with Gasteiger partial charge in [-0.3, -0.25) is 14.4 Å². The van der Waals surface area contributed by atoms with E-state index in [4.69, 9.17) is 5.11 Å². The maximum absolute atomic E-state index is 12.4. The Labute approximate surface area is 326 Å². The third-order valence-corrected chi connectivity index (χ3v) is 8.02. The van der Waals surface area contributed by atoms with Gasteiger partial charge in [0.15, 0.2) is 0 Å². The molecule has 0 saturated heterocycles. The zero-order valence-electron chi connectivity index (χ0n) is 34.4. The van der Waals surface area contributed by atoms with Crippen molar-refractivity contribution in [2.45, 2.75) is 107 Å². The van der Waals surface area contributed by atoms with Gasteiger partial charge >= 0.3 is 12.3 Å². The molecule has 0 bridgehead atoms. The minimum atomic E-state index is -4.74. The van der Waals surface area contributed by atoms with Gasteiger partial charge in [-0.15, -0.1) is 13.2 Å². The van der Waals surface area contributed by atoms with Crippen molar-refractivity contribution in [3.63, 3.8) is 0 Å². The van der Waals surface area contributed by atoms with Gasteiger partial charge in [-0.05, 0) is 91.9 Å². The van der Waals surface area contributed by atoms with Gasteiger partial charge in [0.2, 0.25) is 0 Å². The molecular formula is C45H61F3N2O5. The van der Waals surface area contributed by atoms with Crippen molar-refractivity contribution in [1.82, 2.24) is 10.6 Å². The number of likely N-dealkylation sites (N-methyl/N-ethyl adjacent to an activating group) is 1. The second-order valence-corrected chi connectivity index (χ2v) is 11.8. The number of halogens is 3. The van der Waals surface area contributed by atoms with Crippen molar-refractivity contribution in [1.29, 1.82) is 0 Å². The van der Waals surface area contributed by atoms with E-state index in [0.29, 0.717) is 5.56 Å². The van der Waals surface area contributed by atoms with Gasteiger partial charge in [-0.2, -0.15) is 0 Å². The molecule has 0 aliphatic heterocycles. The van der Waals surface area contributed by atoms with Crippen LogP contribution in [-0.2, 0) is 4.79 Å². The van der Waals surface area contributed by atoms with Crippen LogP contribution in [-0.4, -0.2) is 43.2 Å². The number of hydrogen-bond acceptors (Lipinski definition) is 5. The van der Waals surface area contributed by atoms with Crippen LogP contribution >= 0.6 is 0 Å². The highest BCUT2D eigenvalue weighted by atomic mass is 19.4. The number of aliphatic carboxylic acids is 1. The van der Waals surface area contributed by atoms with Gasteiger partial charge in [0, 0.05) is 29.6 Å². The van der Waals surface area contributed by atoms with E-state index in [9.17, 15) is 27.6 Å². The number of hydrogen-bond donors (Lipinski definition) is 3. The first-order valence-corrected chi connectivity index (χ1v) is 19.0.